The van der Waals surface area contributed by atoms with Gasteiger partial charge in [0.25, 0.3) is 0 Å². The molecule has 1 saturated carbocycles. The highest BCUT2D eigenvalue weighted by molar-refractivity contribution is 7.07. The van der Waals surface area contributed by atoms with Gasteiger partial charge in [-0.3, -0.25) is 9.59 Å². The van der Waals surface area contributed by atoms with Crippen molar-refractivity contribution in [2.24, 2.45) is 5.92 Å². The van der Waals surface area contributed by atoms with Gasteiger partial charge >= 0.3 is 4.87 Å². The van der Waals surface area contributed by atoms with E-state index >= 15 is 0 Å². The molecule has 2 heterocycles. The second kappa shape index (κ2) is 6.35. The van der Waals surface area contributed by atoms with E-state index in [1.165, 1.54) is 17.8 Å². The molecular formula is C17H22N2O3S. The molecule has 0 saturated heterocycles. The molecule has 0 aliphatic heterocycles. The van der Waals surface area contributed by atoms with Crippen molar-refractivity contribution in [2.45, 2.75) is 45.7 Å². The topological polar surface area (TPSA) is 55.5 Å². The summed E-state index contributed by atoms with van der Waals surface area (Å²) in [6.45, 7) is 5.00. The van der Waals surface area contributed by atoms with E-state index < -0.39 is 0 Å². The second-order valence-electron chi connectivity index (χ2n) is 6.42. The Morgan fingerprint density at radius 3 is 2.83 bits per heavy atom. The fourth-order valence-electron chi connectivity index (χ4n) is 2.79. The van der Waals surface area contributed by atoms with Crippen molar-refractivity contribution in [3.63, 3.8) is 0 Å². The van der Waals surface area contributed by atoms with E-state index in [-0.39, 0.29) is 10.8 Å². The molecule has 0 bridgehead atoms. The molecule has 5 nitrogen and oxygen atoms in total. The lowest BCUT2D eigenvalue weighted by Gasteiger charge is -2.16. The van der Waals surface area contributed by atoms with Crippen LogP contribution in [0, 0.1) is 12.8 Å². The first-order valence-corrected chi connectivity index (χ1v) is 8.81. The van der Waals surface area contributed by atoms with Crippen LogP contribution in [0.2, 0.25) is 0 Å². The van der Waals surface area contributed by atoms with E-state index in [4.69, 9.17) is 4.42 Å². The fraction of sp³-hybridized carbons (Fsp3) is 0.529. The van der Waals surface area contributed by atoms with Crippen molar-refractivity contribution >= 4 is 17.2 Å². The molecule has 0 unspecified atom stereocenters. The van der Waals surface area contributed by atoms with Crippen LogP contribution in [0.5, 0.6) is 0 Å². The van der Waals surface area contributed by atoms with Gasteiger partial charge in [0.05, 0.1) is 6.54 Å². The maximum atomic E-state index is 12.2. The molecular weight excluding hydrogens is 312 g/mol. The minimum atomic E-state index is -0.00724. The Labute approximate surface area is 139 Å². The summed E-state index contributed by atoms with van der Waals surface area (Å²) < 4.78 is 7.49. The molecule has 23 heavy (non-hydrogen) atoms. The summed E-state index contributed by atoms with van der Waals surface area (Å²) in [5, 5.41) is 1.82. The van der Waals surface area contributed by atoms with Crippen LogP contribution in [0.25, 0.3) is 0 Å². The van der Waals surface area contributed by atoms with Crippen molar-refractivity contribution < 1.29 is 9.21 Å². The van der Waals surface area contributed by atoms with Crippen LogP contribution in [0.1, 0.15) is 42.9 Å². The monoisotopic (exact) mass is 334 g/mol. The van der Waals surface area contributed by atoms with Gasteiger partial charge in [0.15, 0.2) is 0 Å². The van der Waals surface area contributed by atoms with Crippen molar-refractivity contribution in [1.82, 2.24) is 9.47 Å². The van der Waals surface area contributed by atoms with Gasteiger partial charge < -0.3 is 13.9 Å². The number of amides is 1. The smallest absolute Gasteiger partial charge is 0.307 e. The number of rotatable bonds is 6. The normalized spacial score (nSPS) is 19.8. The zero-order valence-electron chi connectivity index (χ0n) is 13.7. The molecule has 0 spiro atoms. The molecule has 6 heteroatoms. The van der Waals surface area contributed by atoms with Crippen LogP contribution in [-0.4, -0.2) is 22.4 Å². The van der Waals surface area contributed by atoms with Gasteiger partial charge in [-0.05, 0) is 31.4 Å². The SMILES string of the molecule is Cc1csc(=O)n1CCC(=O)N(C)Cc1ccc([C@@H]2C[C@H]2C)o1. The Balaban J connectivity index is 1.53. The van der Waals surface area contributed by atoms with E-state index in [0.29, 0.717) is 31.3 Å². The number of hydrogen-bond acceptors (Lipinski definition) is 4. The predicted octanol–water partition coefficient (Wildman–Crippen LogP) is 2.98. The summed E-state index contributed by atoms with van der Waals surface area (Å²) >= 11 is 1.17. The zero-order valence-corrected chi connectivity index (χ0v) is 14.6. The Morgan fingerprint density at radius 1 is 1.48 bits per heavy atom. The van der Waals surface area contributed by atoms with Gasteiger partial charge in [-0.1, -0.05) is 18.3 Å². The first kappa shape index (κ1) is 16.1. The Kier molecular flexibility index (Phi) is 4.43. The molecule has 2 atom stereocenters. The van der Waals surface area contributed by atoms with E-state index in [1.54, 1.807) is 16.5 Å². The van der Waals surface area contributed by atoms with E-state index in [0.717, 1.165) is 17.2 Å². The standard InChI is InChI=1S/C17H22N2O3S/c1-11-8-14(11)15-5-4-13(22-15)9-18(3)16(20)6-7-19-12(2)10-23-17(19)21/h4-5,10-11,14H,6-9H2,1-3H3/t11-,14-/m1/s1. The van der Waals surface area contributed by atoms with Gasteiger partial charge in [-0.2, -0.15) is 0 Å². The molecule has 1 aliphatic carbocycles. The van der Waals surface area contributed by atoms with E-state index in [9.17, 15) is 9.59 Å². The highest BCUT2D eigenvalue weighted by Crippen LogP contribution is 2.47. The summed E-state index contributed by atoms with van der Waals surface area (Å²) in [4.78, 5) is 25.5. The molecule has 1 aliphatic rings. The van der Waals surface area contributed by atoms with Crippen LogP contribution in [0.15, 0.2) is 26.7 Å². The number of hydrogen-bond donors (Lipinski definition) is 0. The number of thiazole rings is 1. The highest BCUT2D eigenvalue weighted by Gasteiger charge is 2.36. The molecule has 0 N–H and O–H groups in total. The Hall–Kier alpha value is -1.82. The minimum absolute atomic E-state index is 0.00724. The third-order valence-corrected chi connectivity index (χ3v) is 5.38. The average Bonchev–Trinajstić information content (AvgIpc) is 2.92. The lowest BCUT2D eigenvalue weighted by molar-refractivity contribution is -0.130. The Morgan fingerprint density at radius 2 is 2.22 bits per heavy atom. The molecule has 0 radical (unpaired) electrons. The lowest BCUT2D eigenvalue weighted by Crippen LogP contribution is -2.28. The summed E-state index contributed by atoms with van der Waals surface area (Å²) in [6.07, 6.45) is 1.51. The largest absolute Gasteiger partial charge is 0.464 e. The number of aryl methyl sites for hydroxylation is 1. The molecule has 124 valence electrons. The molecule has 3 rings (SSSR count). The fourth-order valence-corrected chi connectivity index (χ4v) is 3.55. The number of carbonyl (C=O) groups is 1. The number of aromatic nitrogens is 1. The van der Waals surface area contributed by atoms with Crippen molar-refractivity contribution in [3.8, 4) is 0 Å². The summed E-state index contributed by atoms with van der Waals surface area (Å²) in [5.41, 5.74) is 0.907. The van der Waals surface area contributed by atoms with Gasteiger partial charge in [-0.25, -0.2) is 0 Å². The molecule has 0 aromatic carbocycles. The predicted molar refractivity (Wildman–Crippen MR) is 89.6 cm³/mol. The first-order chi connectivity index (χ1) is 11.0. The van der Waals surface area contributed by atoms with Crippen LogP contribution >= 0.6 is 11.3 Å². The van der Waals surface area contributed by atoms with Crippen molar-refractivity contribution in [1.29, 1.82) is 0 Å². The third kappa shape index (κ3) is 3.58. The Bertz CT molecular complexity index is 758. The zero-order chi connectivity index (χ0) is 16.6. The maximum absolute atomic E-state index is 12.2. The minimum Gasteiger partial charge on any atom is -0.464 e. The number of carbonyl (C=O) groups excluding carboxylic acids is 1. The van der Waals surface area contributed by atoms with Crippen LogP contribution in [0.3, 0.4) is 0 Å². The van der Waals surface area contributed by atoms with Crippen molar-refractivity contribution in [3.05, 3.63) is 44.4 Å². The lowest BCUT2D eigenvalue weighted by atomic mass is 10.3. The van der Waals surface area contributed by atoms with Gasteiger partial charge in [0.2, 0.25) is 5.91 Å². The summed E-state index contributed by atoms with van der Waals surface area (Å²) in [7, 11) is 1.77. The van der Waals surface area contributed by atoms with Gasteiger partial charge in [0, 0.05) is 37.0 Å². The van der Waals surface area contributed by atoms with Crippen LogP contribution in [0.4, 0.5) is 0 Å². The number of nitrogens with zero attached hydrogens (tertiary/aromatic N) is 2. The molecule has 2 aromatic heterocycles. The maximum Gasteiger partial charge on any atom is 0.307 e. The van der Waals surface area contributed by atoms with Crippen molar-refractivity contribution in [2.75, 3.05) is 7.05 Å². The average molecular weight is 334 g/mol. The van der Waals surface area contributed by atoms with Gasteiger partial charge in [0.1, 0.15) is 11.5 Å². The van der Waals surface area contributed by atoms with E-state index in [1.807, 2.05) is 24.4 Å². The first-order valence-electron chi connectivity index (χ1n) is 7.93. The quantitative estimate of drug-likeness (QED) is 0.816. The highest BCUT2D eigenvalue weighted by atomic mass is 32.1. The van der Waals surface area contributed by atoms with Crippen LogP contribution < -0.4 is 4.87 Å². The second-order valence-corrected chi connectivity index (χ2v) is 7.24. The molecule has 2 aromatic rings. The third-order valence-electron chi connectivity index (χ3n) is 4.50. The summed E-state index contributed by atoms with van der Waals surface area (Å²) in [6, 6.07) is 3.98. The van der Waals surface area contributed by atoms with Gasteiger partial charge in [-0.15, -0.1) is 0 Å². The molecule has 1 amide bonds. The summed E-state index contributed by atoms with van der Waals surface area (Å²) in [5.74, 6) is 3.13. The van der Waals surface area contributed by atoms with E-state index in [2.05, 4.69) is 6.92 Å². The molecule has 1 fully saturated rings. The number of furan rings is 1. The van der Waals surface area contributed by atoms with Crippen LogP contribution in [-0.2, 0) is 17.9 Å².